The summed E-state index contributed by atoms with van der Waals surface area (Å²) in [4.78, 5) is 17.4. The van der Waals surface area contributed by atoms with Crippen LogP contribution in [0.4, 0.5) is 0 Å². The number of carbonyl (C=O) groups excluding carboxylic acids is 1. The molecule has 0 spiro atoms. The van der Waals surface area contributed by atoms with Crippen molar-refractivity contribution in [2.24, 2.45) is 0 Å². The lowest BCUT2D eigenvalue weighted by molar-refractivity contribution is -0.917. The van der Waals surface area contributed by atoms with Crippen LogP contribution in [0.3, 0.4) is 0 Å². The molecule has 0 fully saturated rings. The van der Waals surface area contributed by atoms with E-state index in [4.69, 9.17) is 12.2 Å². The first-order valence-corrected chi connectivity index (χ1v) is 9.79. The zero-order valence-electron chi connectivity index (χ0n) is 16.5. The molecule has 7 heteroatoms. The van der Waals surface area contributed by atoms with E-state index in [1.165, 1.54) is 10.5 Å². The molecule has 0 saturated carbocycles. The number of quaternary nitrogens is 1. The fourth-order valence-corrected chi connectivity index (χ4v) is 3.29. The Labute approximate surface area is 170 Å². The number of hydrogen-bond acceptors (Lipinski definition) is 3. The van der Waals surface area contributed by atoms with Gasteiger partial charge in [-0.15, -0.1) is 0 Å². The van der Waals surface area contributed by atoms with Crippen LogP contribution < -0.4 is 10.2 Å². The van der Waals surface area contributed by atoms with Crippen molar-refractivity contribution in [1.29, 1.82) is 0 Å². The van der Waals surface area contributed by atoms with Crippen LogP contribution in [0, 0.1) is 4.77 Å². The van der Waals surface area contributed by atoms with Crippen LogP contribution in [0.25, 0.3) is 11.4 Å². The predicted octanol–water partition coefficient (Wildman–Crippen LogP) is 2.20. The summed E-state index contributed by atoms with van der Waals surface area (Å²) < 4.78 is 2.44. The van der Waals surface area contributed by atoms with Gasteiger partial charge in [-0.1, -0.05) is 43.3 Å². The van der Waals surface area contributed by atoms with Gasteiger partial charge in [0.25, 0.3) is 5.91 Å². The number of aromatic nitrogens is 3. The number of amides is 1. The summed E-state index contributed by atoms with van der Waals surface area (Å²) in [5.41, 5.74) is 4.16. The van der Waals surface area contributed by atoms with Gasteiger partial charge in [0.1, 0.15) is 6.54 Å². The van der Waals surface area contributed by atoms with Gasteiger partial charge in [0, 0.05) is 23.7 Å². The molecule has 1 atom stereocenters. The van der Waals surface area contributed by atoms with Crippen molar-refractivity contribution < 1.29 is 9.69 Å². The van der Waals surface area contributed by atoms with Gasteiger partial charge in [-0.25, -0.2) is 4.68 Å². The number of nitrogens with zero attached hydrogens (tertiary/aromatic N) is 2. The third-order valence-electron chi connectivity index (χ3n) is 4.69. The molecule has 2 aromatic carbocycles. The number of H-pyrrole nitrogens is 1. The predicted molar refractivity (Wildman–Crippen MR) is 113 cm³/mol. The molecule has 6 nitrogen and oxygen atoms in total. The van der Waals surface area contributed by atoms with Crippen LogP contribution >= 0.6 is 12.2 Å². The normalized spacial score (nSPS) is 12.0. The minimum Gasteiger partial charge on any atom is -0.355 e. The highest BCUT2D eigenvalue weighted by Gasteiger charge is 2.10. The van der Waals surface area contributed by atoms with Crippen LogP contribution in [0.15, 0.2) is 48.5 Å². The summed E-state index contributed by atoms with van der Waals surface area (Å²) in [6, 6.07) is 16.0. The minimum absolute atomic E-state index is 0.0736. The highest BCUT2D eigenvalue weighted by atomic mass is 32.1. The van der Waals surface area contributed by atoms with E-state index in [2.05, 4.69) is 53.6 Å². The minimum atomic E-state index is -0.0736. The van der Waals surface area contributed by atoms with Crippen molar-refractivity contribution in [3.63, 3.8) is 0 Å². The second-order valence-corrected chi connectivity index (χ2v) is 7.27. The largest absolute Gasteiger partial charge is 0.355 e. The Balaban J connectivity index is 1.67. The van der Waals surface area contributed by atoms with E-state index in [0.717, 1.165) is 29.9 Å². The molecule has 1 heterocycles. The van der Waals surface area contributed by atoms with Crippen LogP contribution in [0.2, 0.25) is 0 Å². The third kappa shape index (κ3) is 4.74. The molecule has 3 aromatic rings. The summed E-state index contributed by atoms with van der Waals surface area (Å²) in [6.45, 7) is 3.63. The Morgan fingerprint density at radius 3 is 2.39 bits per heavy atom. The summed E-state index contributed by atoms with van der Waals surface area (Å²) in [6.07, 6.45) is 1.02. The molecule has 1 unspecified atom stereocenters. The molecule has 1 aromatic heterocycles. The number of nitrogens with one attached hydrogen (secondary N) is 3. The lowest BCUT2D eigenvalue weighted by Gasteiger charge is -2.14. The number of carbonyl (C=O) groups is 1. The first-order valence-electron chi connectivity index (χ1n) is 9.38. The van der Waals surface area contributed by atoms with Gasteiger partial charge < -0.3 is 10.2 Å². The Hall–Kier alpha value is -2.77. The molecule has 3 rings (SSSR count). The van der Waals surface area contributed by atoms with Gasteiger partial charge in [0.2, 0.25) is 4.77 Å². The first-order chi connectivity index (χ1) is 13.5. The average Bonchev–Trinajstić information content (AvgIpc) is 3.08. The van der Waals surface area contributed by atoms with Crippen LogP contribution in [0.5, 0.6) is 0 Å². The monoisotopic (exact) mass is 396 g/mol. The summed E-state index contributed by atoms with van der Waals surface area (Å²) in [5, 5.41) is 5.94. The maximum Gasteiger partial charge on any atom is 0.251 e. The van der Waals surface area contributed by atoms with E-state index in [-0.39, 0.29) is 5.91 Å². The van der Waals surface area contributed by atoms with Gasteiger partial charge in [-0.2, -0.15) is 4.98 Å². The lowest BCUT2D eigenvalue weighted by Crippen LogP contribution is -3.07. The molecule has 0 aliphatic heterocycles. The Morgan fingerprint density at radius 2 is 1.79 bits per heavy atom. The first kappa shape index (κ1) is 20.0. The van der Waals surface area contributed by atoms with Crippen LogP contribution in [-0.2, 0) is 19.6 Å². The fraction of sp³-hybridized carbons (Fsp3) is 0.286. The molecule has 28 heavy (non-hydrogen) atoms. The quantitative estimate of drug-likeness (QED) is 0.537. The molecule has 0 radical (unpaired) electrons. The number of rotatable bonds is 7. The molecule has 0 saturated heterocycles. The van der Waals surface area contributed by atoms with Gasteiger partial charge >= 0.3 is 0 Å². The SMILES string of the molecule is CCc1ccc(-c2nc(=S)n(C[NH+](C)Cc3ccc(C(=O)NC)cc3)[nH]2)cc1. The standard InChI is InChI=1S/C21H25N5OS/c1-4-15-5-9-17(10-6-15)19-23-21(28)26(24-19)14-25(3)13-16-7-11-18(12-8-16)20(27)22-2/h5-12H,4,13-14H2,1-3H3,(H,22,27)(H,23,24,28)/p+1. The molecule has 3 N–H and O–H groups in total. The molecule has 0 bridgehead atoms. The number of aromatic amines is 1. The Kier molecular flexibility index (Phi) is 6.38. The van der Waals surface area contributed by atoms with Crippen molar-refractivity contribution in [3.8, 4) is 11.4 Å². The zero-order valence-corrected chi connectivity index (χ0v) is 17.3. The smallest absolute Gasteiger partial charge is 0.251 e. The second kappa shape index (κ2) is 8.95. The molecule has 0 aliphatic rings. The van der Waals surface area contributed by atoms with Crippen molar-refractivity contribution >= 4 is 18.1 Å². The highest BCUT2D eigenvalue weighted by molar-refractivity contribution is 7.71. The van der Waals surface area contributed by atoms with E-state index >= 15 is 0 Å². The number of aryl methyl sites for hydroxylation is 1. The number of benzene rings is 2. The average molecular weight is 397 g/mol. The fourth-order valence-electron chi connectivity index (χ4n) is 3.08. The lowest BCUT2D eigenvalue weighted by atomic mass is 10.1. The van der Waals surface area contributed by atoms with Gasteiger partial charge in [0.05, 0.1) is 7.05 Å². The molecular weight excluding hydrogens is 370 g/mol. The van der Waals surface area contributed by atoms with E-state index in [0.29, 0.717) is 17.0 Å². The van der Waals surface area contributed by atoms with Crippen molar-refractivity contribution in [1.82, 2.24) is 20.1 Å². The maximum absolute atomic E-state index is 11.6. The topological polar surface area (TPSA) is 67.2 Å². The second-order valence-electron chi connectivity index (χ2n) is 6.90. The van der Waals surface area contributed by atoms with Crippen LogP contribution in [0.1, 0.15) is 28.4 Å². The van der Waals surface area contributed by atoms with E-state index in [1.807, 2.05) is 28.9 Å². The highest BCUT2D eigenvalue weighted by Crippen LogP contribution is 2.15. The van der Waals surface area contributed by atoms with E-state index in [9.17, 15) is 4.79 Å². The summed E-state index contributed by atoms with van der Waals surface area (Å²) in [5.74, 6) is 0.714. The molecular formula is C21H26N5OS+. The molecule has 1 amide bonds. The Bertz CT molecular complexity index is 989. The van der Waals surface area contributed by atoms with E-state index < -0.39 is 0 Å². The summed E-state index contributed by atoms with van der Waals surface area (Å²) in [7, 11) is 3.74. The molecule has 0 aliphatic carbocycles. The Morgan fingerprint density at radius 1 is 1.14 bits per heavy atom. The summed E-state index contributed by atoms with van der Waals surface area (Å²) >= 11 is 5.43. The zero-order chi connectivity index (χ0) is 20.1. The van der Waals surface area contributed by atoms with Gasteiger partial charge in [-0.3, -0.25) is 9.89 Å². The third-order valence-corrected chi connectivity index (χ3v) is 5.00. The number of hydrogen-bond donors (Lipinski definition) is 3. The van der Waals surface area contributed by atoms with Crippen LogP contribution in [-0.4, -0.2) is 34.8 Å². The van der Waals surface area contributed by atoms with E-state index in [1.54, 1.807) is 7.05 Å². The van der Waals surface area contributed by atoms with Gasteiger partial charge in [0.15, 0.2) is 12.5 Å². The van der Waals surface area contributed by atoms with Gasteiger partial charge in [-0.05, 0) is 36.3 Å². The van der Waals surface area contributed by atoms with Crippen molar-refractivity contribution in [2.75, 3.05) is 14.1 Å². The van der Waals surface area contributed by atoms with Crippen molar-refractivity contribution in [3.05, 3.63) is 70.0 Å². The maximum atomic E-state index is 11.6. The molecule has 146 valence electrons. The van der Waals surface area contributed by atoms with Crippen molar-refractivity contribution in [2.45, 2.75) is 26.6 Å².